The fourth-order valence-corrected chi connectivity index (χ4v) is 3.02. The van der Waals surface area contributed by atoms with Gasteiger partial charge in [0.2, 0.25) is 0 Å². The number of aromatic nitrogens is 3. The molecule has 0 N–H and O–H groups in total. The molecule has 1 unspecified atom stereocenters. The van der Waals surface area contributed by atoms with Crippen molar-refractivity contribution in [3.05, 3.63) is 45.7 Å². The van der Waals surface area contributed by atoms with Crippen LogP contribution in [0.3, 0.4) is 0 Å². The molecule has 3 heterocycles. The summed E-state index contributed by atoms with van der Waals surface area (Å²) in [5.74, 6) is 0.537. The molecule has 1 atom stereocenters. The van der Waals surface area contributed by atoms with Crippen LogP contribution in [0.15, 0.2) is 27.5 Å². The Morgan fingerprint density at radius 3 is 2.96 bits per heavy atom. The fraction of sp³-hybridized carbons (Fsp3) is 0.529. The molecule has 0 aromatic carbocycles. The van der Waals surface area contributed by atoms with E-state index in [0.29, 0.717) is 24.5 Å². The van der Waals surface area contributed by atoms with E-state index in [-0.39, 0.29) is 17.5 Å². The lowest BCUT2D eigenvalue weighted by atomic mass is 10.1. The molecule has 0 bridgehead atoms. The molecule has 3 rings (SSSR count). The van der Waals surface area contributed by atoms with Crippen LogP contribution in [0.5, 0.6) is 0 Å². The van der Waals surface area contributed by atoms with Crippen LogP contribution in [0.25, 0.3) is 0 Å². The van der Waals surface area contributed by atoms with Gasteiger partial charge in [0.05, 0.1) is 11.7 Å². The van der Waals surface area contributed by atoms with Crippen LogP contribution in [-0.4, -0.2) is 32.3 Å². The van der Waals surface area contributed by atoms with Gasteiger partial charge in [0.1, 0.15) is 5.69 Å². The standard InChI is InChI=1S/C17H22N4O3/c1-3-4-10-21-16(22)8-7-13(18-21)17(23)20-9-5-6-14(20)15-11-12(2)19-24-15/h7-8,11,14H,3-6,9-10H2,1-2H3. The van der Waals surface area contributed by atoms with Crippen LogP contribution in [0.2, 0.25) is 0 Å². The minimum atomic E-state index is -0.177. The molecule has 2 aromatic rings. The summed E-state index contributed by atoms with van der Waals surface area (Å²) in [7, 11) is 0. The summed E-state index contributed by atoms with van der Waals surface area (Å²) < 4.78 is 6.72. The summed E-state index contributed by atoms with van der Waals surface area (Å²) in [5.41, 5.74) is 0.924. The molecule has 0 radical (unpaired) electrons. The number of rotatable bonds is 5. The molecule has 1 amide bonds. The van der Waals surface area contributed by atoms with Crippen molar-refractivity contribution in [2.24, 2.45) is 0 Å². The average Bonchev–Trinajstić information content (AvgIpc) is 3.22. The Kier molecular flexibility index (Phi) is 4.78. The van der Waals surface area contributed by atoms with Crippen LogP contribution in [-0.2, 0) is 6.54 Å². The van der Waals surface area contributed by atoms with E-state index in [2.05, 4.69) is 10.3 Å². The highest BCUT2D eigenvalue weighted by Crippen LogP contribution is 2.33. The summed E-state index contributed by atoms with van der Waals surface area (Å²) >= 11 is 0. The molecule has 0 aliphatic carbocycles. The van der Waals surface area contributed by atoms with Gasteiger partial charge in [-0.1, -0.05) is 18.5 Å². The second kappa shape index (κ2) is 6.98. The van der Waals surface area contributed by atoms with E-state index in [9.17, 15) is 9.59 Å². The molecule has 2 aromatic heterocycles. The first-order chi connectivity index (χ1) is 11.6. The van der Waals surface area contributed by atoms with Gasteiger partial charge in [0.25, 0.3) is 11.5 Å². The number of hydrogen-bond donors (Lipinski definition) is 0. The number of carbonyl (C=O) groups is 1. The highest BCUT2D eigenvalue weighted by molar-refractivity contribution is 5.92. The first kappa shape index (κ1) is 16.4. The smallest absolute Gasteiger partial charge is 0.274 e. The molecule has 7 nitrogen and oxygen atoms in total. The van der Waals surface area contributed by atoms with Gasteiger partial charge in [-0.25, -0.2) is 4.68 Å². The first-order valence-corrected chi connectivity index (χ1v) is 8.42. The van der Waals surface area contributed by atoms with Gasteiger partial charge in [-0.15, -0.1) is 0 Å². The van der Waals surface area contributed by atoms with E-state index in [0.717, 1.165) is 31.4 Å². The number of hydrogen-bond acceptors (Lipinski definition) is 5. The van der Waals surface area contributed by atoms with Crippen LogP contribution >= 0.6 is 0 Å². The van der Waals surface area contributed by atoms with Gasteiger partial charge < -0.3 is 9.42 Å². The molecule has 1 aliphatic rings. The van der Waals surface area contributed by atoms with E-state index < -0.39 is 0 Å². The van der Waals surface area contributed by atoms with Gasteiger partial charge in [-0.2, -0.15) is 5.10 Å². The van der Waals surface area contributed by atoms with E-state index in [1.807, 2.05) is 19.9 Å². The fourth-order valence-electron chi connectivity index (χ4n) is 3.02. The predicted molar refractivity (Wildman–Crippen MR) is 87.7 cm³/mol. The molecule has 1 aliphatic heterocycles. The van der Waals surface area contributed by atoms with Crippen molar-refractivity contribution >= 4 is 5.91 Å². The lowest BCUT2D eigenvalue weighted by Gasteiger charge is -2.22. The quantitative estimate of drug-likeness (QED) is 0.840. The Labute approximate surface area is 140 Å². The number of aryl methyl sites for hydroxylation is 2. The van der Waals surface area contributed by atoms with Crippen LogP contribution < -0.4 is 5.56 Å². The highest BCUT2D eigenvalue weighted by atomic mass is 16.5. The normalized spacial score (nSPS) is 17.4. The van der Waals surface area contributed by atoms with Crippen LogP contribution in [0.4, 0.5) is 0 Å². The number of carbonyl (C=O) groups excluding carboxylic acids is 1. The third-order valence-corrected chi connectivity index (χ3v) is 4.30. The largest absolute Gasteiger partial charge is 0.359 e. The lowest BCUT2D eigenvalue weighted by molar-refractivity contribution is 0.0705. The minimum absolute atomic E-state index is 0.114. The van der Waals surface area contributed by atoms with Crippen molar-refractivity contribution < 1.29 is 9.32 Å². The topological polar surface area (TPSA) is 81.2 Å². The third-order valence-electron chi connectivity index (χ3n) is 4.30. The van der Waals surface area contributed by atoms with Gasteiger partial charge in [-0.05, 0) is 32.3 Å². The monoisotopic (exact) mass is 330 g/mol. The number of likely N-dealkylation sites (tertiary alicyclic amines) is 1. The van der Waals surface area contributed by atoms with Crippen LogP contribution in [0, 0.1) is 6.92 Å². The van der Waals surface area contributed by atoms with Crippen molar-refractivity contribution in [3.8, 4) is 0 Å². The second-order valence-corrected chi connectivity index (χ2v) is 6.16. The Morgan fingerprint density at radius 1 is 1.42 bits per heavy atom. The van der Waals surface area contributed by atoms with E-state index in [1.165, 1.54) is 16.8 Å². The number of unbranched alkanes of at least 4 members (excludes halogenated alkanes) is 1. The highest BCUT2D eigenvalue weighted by Gasteiger charge is 2.33. The summed E-state index contributed by atoms with van der Waals surface area (Å²) in [5, 5.41) is 8.17. The van der Waals surface area contributed by atoms with Gasteiger partial charge >= 0.3 is 0 Å². The average molecular weight is 330 g/mol. The Bertz CT molecular complexity index is 780. The summed E-state index contributed by atoms with van der Waals surface area (Å²) in [6.45, 7) is 5.09. The van der Waals surface area contributed by atoms with Crippen LogP contribution in [0.1, 0.15) is 60.6 Å². The molecular weight excluding hydrogens is 308 g/mol. The molecule has 0 spiro atoms. The Balaban J connectivity index is 1.84. The SMILES string of the molecule is CCCCn1nc(C(=O)N2CCCC2c2cc(C)no2)ccc1=O. The van der Waals surface area contributed by atoms with Crippen molar-refractivity contribution in [2.75, 3.05) is 6.54 Å². The van der Waals surface area contributed by atoms with Gasteiger partial charge in [0, 0.05) is 25.2 Å². The Hall–Kier alpha value is -2.44. The first-order valence-electron chi connectivity index (χ1n) is 8.42. The zero-order chi connectivity index (χ0) is 17.1. The number of amides is 1. The predicted octanol–water partition coefficient (Wildman–Crippen LogP) is 2.32. The summed E-state index contributed by atoms with van der Waals surface area (Å²) in [6.07, 6.45) is 3.57. The summed E-state index contributed by atoms with van der Waals surface area (Å²) in [4.78, 5) is 26.5. The van der Waals surface area contributed by atoms with Crippen molar-refractivity contribution in [2.45, 2.75) is 52.1 Å². The second-order valence-electron chi connectivity index (χ2n) is 6.16. The van der Waals surface area contributed by atoms with Gasteiger partial charge in [-0.3, -0.25) is 9.59 Å². The molecule has 128 valence electrons. The number of nitrogens with zero attached hydrogens (tertiary/aromatic N) is 4. The lowest BCUT2D eigenvalue weighted by Crippen LogP contribution is -2.33. The zero-order valence-corrected chi connectivity index (χ0v) is 14.1. The van der Waals surface area contributed by atoms with E-state index in [4.69, 9.17) is 4.52 Å². The molecule has 7 heteroatoms. The van der Waals surface area contributed by atoms with Gasteiger partial charge in [0.15, 0.2) is 5.76 Å². The maximum absolute atomic E-state index is 12.9. The van der Waals surface area contributed by atoms with E-state index >= 15 is 0 Å². The minimum Gasteiger partial charge on any atom is -0.359 e. The van der Waals surface area contributed by atoms with Crippen molar-refractivity contribution in [3.63, 3.8) is 0 Å². The molecule has 0 saturated carbocycles. The summed E-state index contributed by atoms with van der Waals surface area (Å²) in [6, 6.07) is 4.68. The van der Waals surface area contributed by atoms with E-state index in [1.54, 1.807) is 4.90 Å². The zero-order valence-electron chi connectivity index (χ0n) is 14.1. The molecule has 24 heavy (non-hydrogen) atoms. The molecular formula is C17H22N4O3. The Morgan fingerprint density at radius 2 is 2.25 bits per heavy atom. The molecule has 1 saturated heterocycles. The molecule has 1 fully saturated rings. The van der Waals surface area contributed by atoms with Crippen molar-refractivity contribution in [1.82, 2.24) is 19.8 Å². The van der Waals surface area contributed by atoms with Crippen molar-refractivity contribution in [1.29, 1.82) is 0 Å². The maximum atomic E-state index is 12.9. The maximum Gasteiger partial charge on any atom is 0.274 e. The third kappa shape index (κ3) is 3.25.